The molecule has 1 aromatic carbocycles. The molecule has 17 heavy (non-hydrogen) atoms. The minimum atomic E-state index is -2.91. The van der Waals surface area contributed by atoms with Crippen molar-refractivity contribution < 1.29 is 18.3 Å². The SMILES string of the molecule is CC(C)(N)C(=O)c1cccc(OC(F)F)c1.Cl. The van der Waals surface area contributed by atoms with Crippen molar-refractivity contribution in [3.8, 4) is 5.75 Å². The Morgan fingerprint density at radius 3 is 2.47 bits per heavy atom. The first-order valence-corrected chi connectivity index (χ1v) is 4.69. The standard InChI is InChI=1S/C11H13F2NO2.ClH/c1-11(2,14)9(15)7-4-3-5-8(6-7)16-10(12)13;/h3-6,10H,14H2,1-2H3;1H. The van der Waals surface area contributed by atoms with Gasteiger partial charge in [-0.1, -0.05) is 12.1 Å². The van der Waals surface area contributed by atoms with E-state index in [1.807, 2.05) is 0 Å². The Kier molecular flexibility index (Phi) is 5.51. The minimum Gasteiger partial charge on any atom is -0.435 e. The van der Waals surface area contributed by atoms with Gasteiger partial charge < -0.3 is 10.5 Å². The van der Waals surface area contributed by atoms with E-state index >= 15 is 0 Å². The first kappa shape index (κ1) is 15.8. The number of hydrogen-bond acceptors (Lipinski definition) is 3. The number of carbonyl (C=O) groups is 1. The summed E-state index contributed by atoms with van der Waals surface area (Å²) in [5, 5.41) is 0. The fourth-order valence-corrected chi connectivity index (χ4v) is 1.19. The molecule has 1 rings (SSSR count). The van der Waals surface area contributed by atoms with Gasteiger partial charge in [-0.3, -0.25) is 4.79 Å². The lowest BCUT2D eigenvalue weighted by molar-refractivity contribution is -0.0498. The Morgan fingerprint density at radius 2 is 2.00 bits per heavy atom. The van der Waals surface area contributed by atoms with Gasteiger partial charge in [0, 0.05) is 5.56 Å². The van der Waals surface area contributed by atoms with Gasteiger partial charge in [-0.15, -0.1) is 12.4 Å². The number of ketones is 1. The lowest BCUT2D eigenvalue weighted by atomic mass is 9.94. The number of carbonyl (C=O) groups excluding carboxylic acids is 1. The maximum atomic E-state index is 12.0. The number of rotatable bonds is 4. The highest BCUT2D eigenvalue weighted by Gasteiger charge is 2.23. The van der Waals surface area contributed by atoms with Crippen LogP contribution in [-0.4, -0.2) is 17.9 Å². The van der Waals surface area contributed by atoms with Gasteiger partial charge in [0.05, 0.1) is 5.54 Å². The Hall–Kier alpha value is -1.20. The Morgan fingerprint density at radius 1 is 1.41 bits per heavy atom. The van der Waals surface area contributed by atoms with E-state index in [-0.39, 0.29) is 29.5 Å². The first-order chi connectivity index (χ1) is 7.30. The molecule has 0 aliphatic rings. The fourth-order valence-electron chi connectivity index (χ4n) is 1.19. The van der Waals surface area contributed by atoms with Crippen LogP contribution in [0.2, 0.25) is 0 Å². The monoisotopic (exact) mass is 265 g/mol. The van der Waals surface area contributed by atoms with Crippen LogP contribution in [0.15, 0.2) is 24.3 Å². The summed E-state index contributed by atoms with van der Waals surface area (Å²) in [6, 6.07) is 5.58. The molecule has 0 unspecified atom stereocenters. The molecule has 0 bridgehead atoms. The maximum Gasteiger partial charge on any atom is 0.387 e. The van der Waals surface area contributed by atoms with Gasteiger partial charge in [0.2, 0.25) is 0 Å². The van der Waals surface area contributed by atoms with Crippen molar-refractivity contribution in [2.45, 2.75) is 26.0 Å². The van der Waals surface area contributed by atoms with Crippen LogP contribution in [0.25, 0.3) is 0 Å². The van der Waals surface area contributed by atoms with Gasteiger partial charge >= 0.3 is 6.61 Å². The highest BCUT2D eigenvalue weighted by atomic mass is 35.5. The minimum absolute atomic E-state index is 0. The second-order valence-electron chi connectivity index (χ2n) is 3.96. The van der Waals surface area contributed by atoms with Crippen LogP contribution in [0, 0.1) is 0 Å². The zero-order valence-corrected chi connectivity index (χ0v) is 10.3. The number of hydrogen-bond donors (Lipinski definition) is 1. The van der Waals surface area contributed by atoms with Crippen LogP contribution in [0.1, 0.15) is 24.2 Å². The van der Waals surface area contributed by atoms with Crippen LogP contribution in [0.5, 0.6) is 5.75 Å². The molecule has 0 aliphatic heterocycles. The normalized spacial score (nSPS) is 10.9. The molecule has 0 spiro atoms. The van der Waals surface area contributed by atoms with E-state index in [9.17, 15) is 13.6 Å². The molecule has 0 radical (unpaired) electrons. The Labute approximate surface area is 104 Å². The van der Waals surface area contributed by atoms with Crippen LogP contribution in [-0.2, 0) is 0 Å². The van der Waals surface area contributed by atoms with Gasteiger partial charge in [0.25, 0.3) is 0 Å². The van der Waals surface area contributed by atoms with Crippen molar-refractivity contribution >= 4 is 18.2 Å². The smallest absolute Gasteiger partial charge is 0.387 e. The largest absolute Gasteiger partial charge is 0.435 e. The maximum absolute atomic E-state index is 12.0. The molecule has 0 heterocycles. The van der Waals surface area contributed by atoms with Crippen molar-refractivity contribution in [3.63, 3.8) is 0 Å². The lowest BCUT2D eigenvalue weighted by Gasteiger charge is -2.17. The fraction of sp³-hybridized carbons (Fsp3) is 0.364. The molecule has 96 valence electrons. The van der Waals surface area contributed by atoms with Gasteiger partial charge in [-0.05, 0) is 26.0 Å². The quantitative estimate of drug-likeness (QED) is 0.852. The number of halogens is 3. The summed E-state index contributed by atoms with van der Waals surface area (Å²) in [6.07, 6.45) is 0. The Balaban J connectivity index is 0.00000256. The summed E-state index contributed by atoms with van der Waals surface area (Å²) in [5.41, 5.74) is 4.84. The number of benzene rings is 1. The van der Waals surface area contributed by atoms with Crippen LogP contribution >= 0.6 is 12.4 Å². The van der Waals surface area contributed by atoms with Crippen molar-refractivity contribution in [2.75, 3.05) is 0 Å². The highest BCUT2D eigenvalue weighted by molar-refractivity contribution is 6.02. The molecular formula is C11H14ClF2NO2. The predicted molar refractivity (Wildman–Crippen MR) is 62.9 cm³/mol. The summed E-state index contributed by atoms with van der Waals surface area (Å²) in [7, 11) is 0. The zero-order valence-electron chi connectivity index (χ0n) is 9.44. The number of nitrogens with two attached hydrogens (primary N) is 1. The molecule has 6 heteroatoms. The molecule has 0 aliphatic carbocycles. The molecule has 0 aromatic heterocycles. The summed E-state index contributed by atoms with van der Waals surface area (Å²) < 4.78 is 28.1. The van der Waals surface area contributed by atoms with Crippen molar-refractivity contribution in [3.05, 3.63) is 29.8 Å². The first-order valence-electron chi connectivity index (χ1n) is 4.69. The van der Waals surface area contributed by atoms with Gasteiger partial charge in [0.1, 0.15) is 5.75 Å². The van der Waals surface area contributed by atoms with Gasteiger partial charge in [0.15, 0.2) is 5.78 Å². The molecule has 0 atom stereocenters. The van der Waals surface area contributed by atoms with Crippen molar-refractivity contribution in [1.82, 2.24) is 0 Å². The molecule has 1 aromatic rings. The summed E-state index contributed by atoms with van der Waals surface area (Å²) in [5.74, 6) is -0.377. The van der Waals surface area contributed by atoms with Crippen molar-refractivity contribution in [2.24, 2.45) is 5.73 Å². The number of alkyl halides is 2. The molecule has 3 nitrogen and oxygen atoms in total. The molecule has 0 saturated heterocycles. The number of ether oxygens (including phenoxy) is 1. The van der Waals surface area contributed by atoms with Crippen LogP contribution in [0.4, 0.5) is 8.78 Å². The highest BCUT2D eigenvalue weighted by Crippen LogP contribution is 2.18. The third kappa shape index (κ3) is 4.66. The molecule has 0 saturated carbocycles. The Bertz CT molecular complexity index is 391. The van der Waals surface area contributed by atoms with E-state index in [0.29, 0.717) is 0 Å². The van der Waals surface area contributed by atoms with E-state index in [2.05, 4.69) is 4.74 Å². The van der Waals surface area contributed by atoms with E-state index in [4.69, 9.17) is 5.73 Å². The molecule has 2 N–H and O–H groups in total. The molecular weight excluding hydrogens is 252 g/mol. The third-order valence-corrected chi connectivity index (χ3v) is 1.91. The average Bonchev–Trinajstić information content (AvgIpc) is 2.14. The summed E-state index contributed by atoms with van der Waals surface area (Å²) in [4.78, 5) is 11.7. The molecule has 0 amide bonds. The van der Waals surface area contributed by atoms with E-state index in [1.165, 1.54) is 24.3 Å². The average molecular weight is 266 g/mol. The van der Waals surface area contributed by atoms with E-state index in [0.717, 1.165) is 0 Å². The summed E-state index contributed by atoms with van der Waals surface area (Å²) in [6.45, 7) is 0.197. The van der Waals surface area contributed by atoms with Crippen LogP contribution in [0.3, 0.4) is 0 Å². The van der Waals surface area contributed by atoms with Crippen molar-refractivity contribution in [1.29, 1.82) is 0 Å². The summed E-state index contributed by atoms with van der Waals surface area (Å²) >= 11 is 0. The zero-order chi connectivity index (χ0) is 12.3. The van der Waals surface area contributed by atoms with Crippen LogP contribution < -0.4 is 10.5 Å². The van der Waals surface area contributed by atoms with Gasteiger partial charge in [-0.2, -0.15) is 8.78 Å². The molecule has 0 fully saturated rings. The predicted octanol–water partition coefficient (Wildman–Crippen LogP) is 2.63. The second kappa shape index (κ2) is 5.93. The lowest BCUT2D eigenvalue weighted by Crippen LogP contribution is -2.41. The van der Waals surface area contributed by atoms with Gasteiger partial charge in [-0.25, -0.2) is 0 Å². The van der Waals surface area contributed by atoms with E-state index < -0.39 is 12.2 Å². The second-order valence-corrected chi connectivity index (χ2v) is 3.96. The number of Topliss-reactive ketones (excluding diaryl/α,β-unsaturated/α-hetero) is 1. The topological polar surface area (TPSA) is 52.3 Å². The van der Waals surface area contributed by atoms with E-state index in [1.54, 1.807) is 13.8 Å². The third-order valence-electron chi connectivity index (χ3n) is 1.91.